The molecule has 1 amide bonds. The molecule has 1 aromatic heterocycles. The minimum Gasteiger partial charge on any atom is -0.493 e. The molecule has 1 aliphatic rings. The van der Waals surface area contributed by atoms with Gasteiger partial charge in [-0.2, -0.15) is 0 Å². The summed E-state index contributed by atoms with van der Waals surface area (Å²) < 4.78 is 10.4. The smallest absolute Gasteiger partial charge is 0.257 e. The van der Waals surface area contributed by atoms with Crippen LogP contribution in [0.4, 0.5) is 11.6 Å². The van der Waals surface area contributed by atoms with Crippen molar-refractivity contribution in [2.24, 2.45) is 0 Å². The number of hydrogen-bond donors (Lipinski definition) is 2. The van der Waals surface area contributed by atoms with Gasteiger partial charge in [-0.3, -0.25) is 4.79 Å². The Morgan fingerprint density at radius 1 is 0.962 bits per heavy atom. The van der Waals surface area contributed by atoms with Crippen LogP contribution >= 0.6 is 0 Å². The number of rotatable bonds is 6. The van der Waals surface area contributed by atoms with Gasteiger partial charge in [0.05, 0.1) is 14.2 Å². The molecule has 26 heavy (non-hydrogen) atoms. The molecule has 0 saturated heterocycles. The summed E-state index contributed by atoms with van der Waals surface area (Å²) in [5.41, 5.74) is 0.453. The van der Waals surface area contributed by atoms with Crippen LogP contribution in [0.25, 0.3) is 0 Å². The highest BCUT2D eigenvalue weighted by Gasteiger charge is 2.14. The van der Waals surface area contributed by atoms with Gasteiger partial charge < -0.3 is 20.1 Å². The first-order valence-corrected chi connectivity index (χ1v) is 8.83. The largest absolute Gasteiger partial charge is 0.493 e. The third kappa shape index (κ3) is 4.41. The number of benzene rings is 1. The van der Waals surface area contributed by atoms with Crippen LogP contribution in [0, 0.1) is 0 Å². The van der Waals surface area contributed by atoms with Crippen molar-refractivity contribution in [3.8, 4) is 11.5 Å². The first kappa shape index (κ1) is 18.0. The summed E-state index contributed by atoms with van der Waals surface area (Å²) in [4.78, 5) is 12.4. The predicted octanol–water partition coefficient (Wildman–Crippen LogP) is 3.49. The Morgan fingerprint density at radius 3 is 2.31 bits per heavy atom. The van der Waals surface area contributed by atoms with Crippen molar-refractivity contribution in [1.29, 1.82) is 0 Å². The molecule has 0 atom stereocenters. The summed E-state index contributed by atoms with van der Waals surface area (Å²) >= 11 is 0. The van der Waals surface area contributed by atoms with Crippen molar-refractivity contribution < 1.29 is 14.3 Å². The van der Waals surface area contributed by atoms with Crippen molar-refractivity contribution in [3.63, 3.8) is 0 Å². The van der Waals surface area contributed by atoms with Crippen molar-refractivity contribution in [1.82, 2.24) is 10.2 Å². The third-order valence-electron chi connectivity index (χ3n) is 4.51. The summed E-state index contributed by atoms with van der Waals surface area (Å²) in [6.45, 7) is 0. The Kier molecular flexibility index (Phi) is 5.88. The van der Waals surface area contributed by atoms with Crippen LogP contribution in [0.2, 0.25) is 0 Å². The topological polar surface area (TPSA) is 85.4 Å². The molecule has 1 aliphatic carbocycles. The van der Waals surface area contributed by atoms with Crippen molar-refractivity contribution >= 4 is 17.5 Å². The molecule has 7 nitrogen and oxygen atoms in total. The second kappa shape index (κ2) is 8.51. The first-order valence-electron chi connectivity index (χ1n) is 8.83. The van der Waals surface area contributed by atoms with E-state index in [0.29, 0.717) is 28.9 Å². The number of carbonyl (C=O) groups is 1. The zero-order valence-corrected chi connectivity index (χ0v) is 15.1. The second-order valence-corrected chi connectivity index (χ2v) is 6.31. The Labute approximate surface area is 153 Å². The summed E-state index contributed by atoms with van der Waals surface area (Å²) in [5.74, 6) is 1.92. The maximum absolute atomic E-state index is 12.4. The van der Waals surface area contributed by atoms with Gasteiger partial charge in [0.25, 0.3) is 5.91 Å². The average Bonchev–Trinajstić information content (AvgIpc) is 2.69. The van der Waals surface area contributed by atoms with Crippen LogP contribution in [0.5, 0.6) is 11.5 Å². The summed E-state index contributed by atoms with van der Waals surface area (Å²) in [6, 6.07) is 9.04. The Bertz CT molecular complexity index is 743. The molecule has 1 fully saturated rings. The number of amides is 1. The van der Waals surface area contributed by atoms with Crippen LogP contribution in [0.1, 0.15) is 42.5 Å². The van der Waals surface area contributed by atoms with Crippen LogP contribution in [0.3, 0.4) is 0 Å². The summed E-state index contributed by atoms with van der Waals surface area (Å²) in [7, 11) is 3.08. The molecule has 7 heteroatoms. The molecule has 2 aromatic rings. The number of aromatic nitrogens is 2. The summed E-state index contributed by atoms with van der Waals surface area (Å²) in [5, 5.41) is 14.4. The van der Waals surface area contributed by atoms with Gasteiger partial charge >= 0.3 is 0 Å². The molecule has 1 heterocycles. The maximum Gasteiger partial charge on any atom is 0.257 e. The van der Waals surface area contributed by atoms with Gasteiger partial charge in [-0.1, -0.05) is 19.3 Å². The number of hydrogen-bond acceptors (Lipinski definition) is 6. The van der Waals surface area contributed by atoms with E-state index >= 15 is 0 Å². The van der Waals surface area contributed by atoms with Gasteiger partial charge in [-0.15, -0.1) is 10.2 Å². The standard InChI is InChI=1S/C19H24N4O3/c1-25-15-9-8-13(12-16(15)26-2)19(24)21-18-11-10-17(22-23-18)20-14-6-4-3-5-7-14/h8-12,14H,3-7H2,1-2H3,(H,20,22)(H,21,23,24). The van der Waals surface area contributed by atoms with Gasteiger partial charge in [0.1, 0.15) is 5.82 Å². The highest BCUT2D eigenvalue weighted by Crippen LogP contribution is 2.27. The van der Waals surface area contributed by atoms with E-state index in [1.54, 1.807) is 31.4 Å². The van der Waals surface area contributed by atoms with Crippen molar-refractivity contribution in [2.75, 3.05) is 24.9 Å². The molecule has 0 aliphatic heterocycles. The normalized spacial score (nSPS) is 14.5. The van der Waals surface area contributed by atoms with Gasteiger partial charge in [-0.05, 0) is 43.2 Å². The van der Waals surface area contributed by atoms with E-state index in [0.717, 1.165) is 5.82 Å². The minimum atomic E-state index is -0.284. The lowest BCUT2D eigenvalue weighted by molar-refractivity contribution is 0.102. The second-order valence-electron chi connectivity index (χ2n) is 6.31. The zero-order valence-electron chi connectivity index (χ0n) is 15.1. The van der Waals surface area contributed by atoms with Crippen LogP contribution in [-0.2, 0) is 0 Å². The van der Waals surface area contributed by atoms with Crippen molar-refractivity contribution in [2.45, 2.75) is 38.1 Å². The molecule has 1 aromatic carbocycles. The lowest BCUT2D eigenvalue weighted by Crippen LogP contribution is -2.23. The highest BCUT2D eigenvalue weighted by atomic mass is 16.5. The van der Waals surface area contributed by atoms with E-state index < -0.39 is 0 Å². The number of carbonyl (C=O) groups excluding carboxylic acids is 1. The molecule has 0 bridgehead atoms. The third-order valence-corrected chi connectivity index (χ3v) is 4.51. The minimum absolute atomic E-state index is 0.284. The number of anilines is 2. The fraction of sp³-hybridized carbons (Fsp3) is 0.421. The maximum atomic E-state index is 12.4. The zero-order chi connectivity index (χ0) is 18.4. The van der Waals surface area contributed by atoms with Crippen LogP contribution in [-0.4, -0.2) is 36.4 Å². The van der Waals surface area contributed by atoms with E-state index in [1.807, 2.05) is 6.07 Å². The molecule has 3 rings (SSSR count). The van der Waals surface area contributed by atoms with E-state index in [-0.39, 0.29) is 5.91 Å². The van der Waals surface area contributed by atoms with Crippen molar-refractivity contribution in [3.05, 3.63) is 35.9 Å². The molecule has 1 saturated carbocycles. The average molecular weight is 356 g/mol. The first-order chi connectivity index (χ1) is 12.7. The lowest BCUT2D eigenvalue weighted by Gasteiger charge is -2.22. The van der Waals surface area contributed by atoms with Gasteiger partial charge in [0.2, 0.25) is 0 Å². The van der Waals surface area contributed by atoms with Gasteiger partial charge in [0, 0.05) is 11.6 Å². The van der Waals surface area contributed by atoms with Gasteiger partial charge in [-0.25, -0.2) is 0 Å². The quantitative estimate of drug-likeness (QED) is 0.824. The Morgan fingerprint density at radius 2 is 1.65 bits per heavy atom. The number of nitrogens with zero attached hydrogens (tertiary/aromatic N) is 2. The number of methoxy groups -OCH3 is 2. The van der Waals surface area contributed by atoms with Crippen LogP contribution < -0.4 is 20.1 Å². The Hall–Kier alpha value is -2.83. The predicted molar refractivity (Wildman–Crippen MR) is 100 cm³/mol. The van der Waals surface area contributed by atoms with Crippen LogP contribution in [0.15, 0.2) is 30.3 Å². The lowest BCUT2D eigenvalue weighted by atomic mass is 9.95. The highest BCUT2D eigenvalue weighted by molar-refractivity contribution is 6.04. The molecule has 138 valence electrons. The molecule has 0 spiro atoms. The Balaban J connectivity index is 1.62. The number of ether oxygens (including phenoxy) is 2. The monoisotopic (exact) mass is 356 g/mol. The molecule has 0 radical (unpaired) electrons. The fourth-order valence-corrected chi connectivity index (χ4v) is 3.10. The molecular weight excluding hydrogens is 332 g/mol. The fourth-order valence-electron chi connectivity index (χ4n) is 3.10. The molecule has 0 unspecified atom stereocenters. The van der Waals surface area contributed by atoms with E-state index in [1.165, 1.54) is 39.2 Å². The SMILES string of the molecule is COc1ccc(C(=O)Nc2ccc(NC3CCCCC3)nn2)cc1OC. The molecular formula is C19H24N4O3. The van der Waals surface area contributed by atoms with Gasteiger partial charge in [0.15, 0.2) is 17.3 Å². The van der Waals surface area contributed by atoms with E-state index in [2.05, 4.69) is 20.8 Å². The number of nitrogens with one attached hydrogen (secondary N) is 2. The summed E-state index contributed by atoms with van der Waals surface area (Å²) in [6.07, 6.45) is 6.15. The van der Waals surface area contributed by atoms with E-state index in [9.17, 15) is 4.79 Å². The molecule has 2 N–H and O–H groups in total. The van der Waals surface area contributed by atoms with E-state index in [4.69, 9.17) is 9.47 Å².